The summed E-state index contributed by atoms with van der Waals surface area (Å²) in [4.78, 5) is 25.6. The summed E-state index contributed by atoms with van der Waals surface area (Å²) in [5.41, 5.74) is -0.854. The van der Waals surface area contributed by atoms with Crippen LogP contribution in [0.3, 0.4) is 0 Å². The van der Waals surface area contributed by atoms with E-state index in [1.54, 1.807) is 12.3 Å². The Morgan fingerprint density at radius 1 is 1.18 bits per heavy atom. The van der Waals surface area contributed by atoms with E-state index < -0.39 is 11.1 Å². The van der Waals surface area contributed by atoms with Crippen molar-refractivity contribution in [3.63, 3.8) is 0 Å². The standard InChI is InChI=1S/C12H7NO4/c14-6-3-9(15)11-7-1-2-13-5-8(7)12(16)17-10(11)4-6/h1-5,13,15H. The Hall–Kier alpha value is -2.56. The van der Waals surface area contributed by atoms with Crippen LogP contribution in [-0.2, 0) is 0 Å². The molecule has 2 N–H and O–H groups in total. The Balaban J connectivity index is 2.74. The Morgan fingerprint density at radius 2 is 2.00 bits per heavy atom. The van der Waals surface area contributed by atoms with Gasteiger partial charge in [0.2, 0.25) is 0 Å². The summed E-state index contributed by atoms with van der Waals surface area (Å²) in [6.45, 7) is 0. The van der Waals surface area contributed by atoms with Gasteiger partial charge in [0.25, 0.3) is 0 Å². The Labute approximate surface area is 93.9 Å². The van der Waals surface area contributed by atoms with Gasteiger partial charge in [0.1, 0.15) is 11.3 Å². The fraction of sp³-hybridized carbons (Fsp3) is 0. The van der Waals surface area contributed by atoms with Gasteiger partial charge in [0, 0.05) is 29.9 Å². The number of rotatable bonds is 0. The van der Waals surface area contributed by atoms with E-state index in [0.717, 1.165) is 6.07 Å². The van der Waals surface area contributed by atoms with Gasteiger partial charge in [-0.3, -0.25) is 4.79 Å². The summed E-state index contributed by atoms with van der Waals surface area (Å²) in [5, 5.41) is 11.0. The van der Waals surface area contributed by atoms with E-state index in [1.165, 1.54) is 12.3 Å². The fourth-order valence-electron chi connectivity index (χ4n) is 1.90. The van der Waals surface area contributed by atoms with Crippen LogP contribution in [0, 0.1) is 0 Å². The molecule has 2 heterocycles. The third-order valence-electron chi connectivity index (χ3n) is 2.61. The molecule has 1 aromatic carbocycles. The van der Waals surface area contributed by atoms with Crippen LogP contribution in [0.15, 0.2) is 44.6 Å². The van der Waals surface area contributed by atoms with Gasteiger partial charge >= 0.3 is 5.63 Å². The number of benzene rings is 1. The predicted octanol–water partition coefficient (Wildman–Crippen LogP) is 1.34. The molecule has 84 valence electrons. The van der Waals surface area contributed by atoms with E-state index in [-0.39, 0.29) is 11.3 Å². The number of aromatic nitrogens is 1. The van der Waals surface area contributed by atoms with Crippen LogP contribution in [0.5, 0.6) is 5.75 Å². The molecule has 0 aliphatic heterocycles. The largest absolute Gasteiger partial charge is 0.507 e. The topological polar surface area (TPSA) is 83.3 Å². The molecule has 17 heavy (non-hydrogen) atoms. The highest BCUT2D eigenvalue weighted by molar-refractivity contribution is 6.06. The number of hydrogen-bond acceptors (Lipinski definition) is 4. The first-order valence-corrected chi connectivity index (χ1v) is 4.93. The summed E-state index contributed by atoms with van der Waals surface area (Å²) in [6, 6.07) is 3.93. The van der Waals surface area contributed by atoms with E-state index >= 15 is 0 Å². The van der Waals surface area contributed by atoms with Crippen molar-refractivity contribution in [2.45, 2.75) is 0 Å². The van der Waals surface area contributed by atoms with Crippen molar-refractivity contribution in [2.24, 2.45) is 0 Å². The molecular weight excluding hydrogens is 222 g/mol. The average Bonchev–Trinajstić information content (AvgIpc) is 2.28. The Morgan fingerprint density at radius 3 is 2.82 bits per heavy atom. The summed E-state index contributed by atoms with van der Waals surface area (Å²) >= 11 is 0. The normalized spacial score (nSPS) is 11.1. The summed E-state index contributed by atoms with van der Waals surface area (Å²) in [6.07, 6.45) is 3.12. The molecule has 0 spiro atoms. The van der Waals surface area contributed by atoms with Crippen molar-refractivity contribution < 1.29 is 9.52 Å². The average molecular weight is 229 g/mol. The fourth-order valence-corrected chi connectivity index (χ4v) is 1.90. The van der Waals surface area contributed by atoms with Crippen LogP contribution in [-0.4, -0.2) is 10.1 Å². The highest BCUT2D eigenvalue weighted by atomic mass is 16.4. The molecule has 0 unspecified atom stereocenters. The van der Waals surface area contributed by atoms with Gasteiger partial charge in [0.15, 0.2) is 5.43 Å². The number of nitrogens with one attached hydrogen (secondary N) is 1. The van der Waals surface area contributed by atoms with E-state index in [1.807, 2.05) is 0 Å². The van der Waals surface area contributed by atoms with Crippen LogP contribution >= 0.6 is 0 Å². The van der Waals surface area contributed by atoms with Crippen molar-refractivity contribution in [1.82, 2.24) is 4.98 Å². The SMILES string of the molecule is O=c1cc(O)c2c(c1)oc(=O)c1c[nH]ccc12. The van der Waals surface area contributed by atoms with Crippen molar-refractivity contribution in [1.29, 1.82) is 0 Å². The Bertz CT molecular complexity index is 844. The second kappa shape index (κ2) is 3.21. The minimum Gasteiger partial charge on any atom is -0.507 e. The van der Waals surface area contributed by atoms with Gasteiger partial charge in [0.05, 0.1) is 10.8 Å². The highest BCUT2D eigenvalue weighted by Gasteiger charge is 2.11. The zero-order chi connectivity index (χ0) is 12.0. The smallest absolute Gasteiger partial charge is 0.345 e. The number of aromatic amines is 1. The molecule has 0 atom stereocenters. The number of phenols is 1. The number of pyridine rings is 1. The molecule has 3 rings (SSSR count). The monoisotopic (exact) mass is 229 g/mol. The second-order valence-electron chi connectivity index (χ2n) is 3.68. The molecule has 0 saturated heterocycles. The third-order valence-corrected chi connectivity index (χ3v) is 2.61. The second-order valence-corrected chi connectivity index (χ2v) is 3.68. The van der Waals surface area contributed by atoms with Crippen molar-refractivity contribution in [2.75, 3.05) is 0 Å². The van der Waals surface area contributed by atoms with Crippen LogP contribution in [0.1, 0.15) is 0 Å². The zero-order valence-corrected chi connectivity index (χ0v) is 8.56. The lowest BCUT2D eigenvalue weighted by molar-refractivity contribution is 0.479. The lowest BCUT2D eigenvalue weighted by Gasteiger charge is -2.03. The lowest BCUT2D eigenvalue weighted by Crippen LogP contribution is -2.03. The van der Waals surface area contributed by atoms with Crippen molar-refractivity contribution >= 4 is 21.7 Å². The van der Waals surface area contributed by atoms with Gasteiger partial charge < -0.3 is 14.5 Å². The third kappa shape index (κ3) is 1.32. The minimum absolute atomic E-state index is 0.0960. The van der Waals surface area contributed by atoms with Gasteiger partial charge in [-0.25, -0.2) is 4.79 Å². The Kier molecular flexibility index (Phi) is 1.82. The molecule has 0 bridgehead atoms. The van der Waals surface area contributed by atoms with Crippen LogP contribution in [0.25, 0.3) is 21.7 Å². The van der Waals surface area contributed by atoms with Gasteiger partial charge in [-0.05, 0) is 6.07 Å². The van der Waals surface area contributed by atoms with Gasteiger partial charge in [-0.15, -0.1) is 0 Å². The van der Waals surface area contributed by atoms with Crippen LogP contribution in [0.2, 0.25) is 0 Å². The van der Waals surface area contributed by atoms with E-state index in [2.05, 4.69) is 4.98 Å². The maximum absolute atomic E-state index is 11.6. The maximum Gasteiger partial charge on any atom is 0.345 e. The molecular formula is C12H7NO4. The molecule has 0 fully saturated rings. The zero-order valence-electron chi connectivity index (χ0n) is 8.56. The molecule has 0 saturated carbocycles. The molecule has 0 radical (unpaired) electrons. The van der Waals surface area contributed by atoms with Gasteiger partial charge in [-0.1, -0.05) is 0 Å². The van der Waals surface area contributed by atoms with E-state index in [4.69, 9.17) is 4.42 Å². The molecule has 0 amide bonds. The number of fused-ring (bicyclic) bond motifs is 3. The molecule has 0 aliphatic carbocycles. The lowest BCUT2D eigenvalue weighted by atomic mass is 10.1. The maximum atomic E-state index is 11.6. The molecule has 0 aliphatic rings. The number of aromatic hydroxyl groups is 1. The van der Waals surface area contributed by atoms with Crippen LogP contribution in [0.4, 0.5) is 0 Å². The van der Waals surface area contributed by atoms with Gasteiger partial charge in [-0.2, -0.15) is 0 Å². The highest BCUT2D eigenvalue weighted by Crippen LogP contribution is 2.28. The van der Waals surface area contributed by atoms with E-state index in [9.17, 15) is 14.7 Å². The summed E-state index contributed by atoms with van der Waals surface area (Å²) in [7, 11) is 0. The summed E-state index contributed by atoms with van der Waals surface area (Å²) < 4.78 is 5.00. The first kappa shape index (κ1) is 9.65. The quantitative estimate of drug-likeness (QED) is 0.450. The number of hydrogen-bond donors (Lipinski definition) is 2. The van der Waals surface area contributed by atoms with Crippen molar-refractivity contribution in [3.8, 4) is 5.75 Å². The van der Waals surface area contributed by atoms with Crippen LogP contribution < -0.4 is 11.1 Å². The summed E-state index contributed by atoms with van der Waals surface area (Å²) in [5.74, 6) is -0.188. The van der Waals surface area contributed by atoms with Crippen molar-refractivity contribution in [3.05, 3.63) is 51.2 Å². The number of H-pyrrole nitrogens is 1. The first-order valence-electron chi connectivity index (χ1n) is 4.93. The molecule has 5 nitrogen and oxygen atoms in total. The molecule has 3 aromatic rings. The number of phenolic OH excluding ortho intramolecular Hbond substituents is 1. The molecule has 5 heteroatoms. The first-order chi connectivity index (χ1) is 8.16. The minimum atomic E-state index is -0.547. The predicted molar refractivity (Wildman–Crippen MR) is 62.3 cm³/mol. The van der Waals surface area contributed by atoms with E-state index in [0.29, 0.717) is 16.2 Å². The molecule has 2 aromatic heterocycles.